The number of halogens is 1. The topological polar surface area (TPSA) is 38.0 Å². The van der Waals surface area contributed by atoms with Crippen LogP contribution >= 0.6 is 0 Å². The summed E-state index contributed by atoms with van der Waals surface area (Å²) in [5.41, 5.74) is 2.15. The van der Waals surface area contributed by atoms with Gasteiger partial charge >= 0.3 is 0 Å². The first kappa shape index (κ1) is 12.8. The lowest BCUT2D eigenvalue weighted by atomic mass is 9.94. The highest BCUT2D eigenvalue weighted by molar-refractivity contribution is 5.17. The van der Waals surface area contributed by atoms with Crippen LogP contribution in [-0.4, -0.2) is 21.5 Å². The van der Waals surface area contributed by atoms with Crippen molar-refractivity contribution in [2.45, 2.75) is 12.8 Å². The highest BCUT2D eigenvalue weighted by atomic mass is 19.1. The first-order valence-corrected chi connectivity index (χ1v) is 6.00. The van der Waals surface area contributed by atoms with Crippen molar-refractivity contribution in [3.63, 3.8) is 0 Å². The summed E-state index contributed by atoms with van der Waals surface area (Å²) in [5.74, 6) is -0.0915. The van der Waals surface area contributed by atoms with E-state index < -0.39 is 0 Å². The van der Waals surface area contributed by atoms with Crippen molar-refractivity contribution in [2.75, 3.05) is 6.61 Å². The maximum Gasteiger partial charge on any atom is 0.123 e. The van der Waals surface area contributed by atoms with Gasteiger partial charge in [0.1, 0.15) is 5.82 Å². The normalized spacial score (nSPS) is 12.6. The number of nitrogens with zero attached hydrogens (tertiary/aromatic N) is 2. The van der Waals surface area contributed by atoms with Crippen molar-refractivity contribution < 1.29 is 9.50 Å². The summed E-state index contributed by atoms with van der Waals surface area (Å²) >= 11 is 0. The Morgan fingerprint density at radius 2 is 1.89 bits per heavy atom. The molecule has 18 heavy (non-hydrogen) atoms. The van der Waals surface area contributed by atoms with Gasteiger partial charge in [-0.05, 0) is 42.0 Å². The van der Waals surface area contributed by atoms with Crippen molar-refractivity contribution >= 4 is 0 Å². The van der Waals surface area contributed by atoms with Crippen LogP contribution in [0.5, 0.6) is 0 Å². The summed E-state index contributed by atoms with van der Waals surface area (Å²) in [6, 6.07) is 6.43. The Hall–Kier alpha value is -1.68. The van der Waals surface area contributed by atoms with Crippen molar-refractivity contribution in [1.29, 1.82) is 0 Å². The maximum atomic E-state index is 12.8. The average molecular weight is 248 g/mol. The van der Waals surface area contributed by atoms with E-state index in [1.807, 2.05) is 19.4 Å². The molecule has 1 N–H and O–H groups in total. The van der Waals surface area contributed by atoms with Gasteiger partial charge in [-0.1, -0.05) is 12.1 Å². The van der Waals surface area contributed by atoms with Crippen LogP contribution in [0.1, 0.15) is 11.1 Å². The van der Waals surface area contributed by atoms with Gasteiger partial charge in [-0.25, -0.2) is 4.39 Å². The molecule has 0 spiro atoms. The van der Waals surface area contributed by atoms with Crippen LogP contribution in [0, 0.1) is 11.7 Å². The predicted octanol–water partition coefficient (Wildman–Crippen LogP) is 1.95. The number of aryl methyl sites for hydroxylation is 1. The van der Waals surface area contributed by atoms with Crippen molar-refractivity contribution in [2.24, 2.45) is 13.0 Å². The molecule has 0 saturated heterocycles. The molecule has 0 saturated carbocycles. The molecule has 0 amide bonds. The van der Waals surface area contributed by atoms with Crippen molar-refractivity contribution in [1.82, 2.24) is 9.78 Å². The molecule has 0 aliphatic heterocycles. The van der Waals surface area contributed by atoms with Gasteiger partial charge in [0.05, 0.1) is 6.20 Å². The molecule has 3 nitrogen and oxygen atoms in total. The Morgan fingerprint density at radius 3 is 2.44 bits per heavy atom. The second-order valence-electron chi connectivity index (χ2n) is 4.61. The molecule has 1 unspecified atom stereocenters. The third-order valence-corrected chi connectivity index (χ3v) is 2.98. The molecule has 0 aliphatic rings. The number of rotatable bonds is 5. The molecule has 2 rings (SSSR count). The van der Waals surface area contributed by atoms with E-state index in [9.17, 15) is 9.50 Å². The highest BCUT2D eigenvalue weighted by Crippen LogP contribution is 2.14. The van der Waals surface area contributed by atoms with Crippen LogP contribution in [0.25, 0.3) is 0 Å². The molecule has 4 heteroatoms. The summed E-state index contributed by atoms with van der Waals surface area (Å²) in [6.45, 7) is 0.117. The van der Waals surface area contributed by atoms with Crippen molar-refractivity contribution in [3.05, 3.63) is 53.6 Å². The molecule has 1 atom stereocenters. The summed E-state index contributed by atoms with van der Waals surface area (Å²) in [4.78, 5) is 0. The first-order valence-electron chi connectivity index (χ1n) is 6.00. The quantitative estimate of drug-likeness (QED) is 0.878. The Labute approximate surface area is 106 Å². The van der Waals surface area contributed by atoms with E-state index in [1.165, 1.54) is 12.1 Å². The lowest BCUT2D eigenvalue weighted by Gasteiger charge is -2.13. The third kappa shape index (κ3) is 3.40. The highest BCUT2D eigenvalue weighted by Gasteiger charge is 2.11. The van der Waals surface area contributed by atoms with Gasteiger partial charge < -0.3 is 5.11 Å². The molecule has 2 aromatic rings. The monoisotopic (exact) mass is 248 g/mol. The molecule has 0 aliphatic carbocycles. The second kappa shape index (κ2) is 5.78. The van der Waals surface area contributed by atoms with Gasteiger partial charge in [0, 0.05) is 19.9 Å². The van der Waals surface area contributed by atoms with Gasteiger partial charge in [0.2, 0.25) is 0 Å². The number of aromatic nitrogens is 2. The van der Waals surface area contributed by atoms with E-state index in [0.717, 1.165) is 24.0 Å². The lowest BCUT2D eigenvalue weighted by molar-refractivity contribution is 0.225. The van der Waals surface area contributed by atoms with E-state index >= 15 is 0 Å². The Balaban J connectivity index is 1.99. The molecule has 0 fully saturated rings. The van der Waals surface area contributed by atoms with Crippen LogP contribution in [0.4, 0.5) is 4.39 Å². The number of benzene rings is 1. The fourth-order valence-electron chi connectivity index (χ4n) is 2.07. The Kier molecular flexibility index (Phi) is 4.10. The van der Waals surface area contributed by atoms with E-state index in [-0.39, 0.29) is 18.3 Å². The minimum absolute atomic E-state index is 0.117. The fraction of sp³-hybridized carbons (Fsp3) is 0.357. The summed E-state index contributed by atoms with van der Waals surface area (Å²) in [7, 11) is 1.87. The second-order valence-corrected chi connectivity index (χ2v) is 4.61. The summed E-state index contributed by atoms with van der Waals surface area (Å²) < 4.78 is 14.5. The molecular formula is C14H17FN2O. The van der Waals surface area contributed by atoms with Gasteiger partial charge in [0.15, 0.2) is 0 Å². The van der Waals surface area contributed by atoms with Gasteiger partial charge in [-0.15, -0.1) is 0 Å². The van der Waals surface area contributed by atoms with Crippen molar-refractivity contribution in [3.8, 4) is 0 Å². The fourth-order valence-corrected chi connectivity index (χ4v) is 2.07. The molecule has 1 heterocycles. The zero-order valence-corrected chi connectivity index (χ0v) is 10.4. The number of aliphatic hydroxyl groups is 1. The first-order chi connectivity index (χ1) is 8.67. The minimum Gasteiger partial charge on any atom is -0.396 e. The van der Waals surface area contributed by atoms with Gasteiger partial charge in [-0.2, -0.15) is 5.10 Å². The van der Waals surface area contributed by atoms with E-state index in [4.69, 9.17) is 0 Å². The number of aliphatic hydroxyl groups excluding tert-OH is 1. The maximum absolute atomic E-state index is 12.8. The zero-order valence-electron chi connectivity index (χ0n) is 10.4. The van der Waals surface area contributed by atoms with Crippen LogP contribution in [-0.2, 0) is 19.9 Å². The smallest absolute Gasteiger partial charge is 0.123 e. The molecule has 0 bridgehead atoms. The molecule has 1 aromatic heterocycles. The van der Waals surface area contributed by atoms with Crippen LogP contribution < -0.4 is 0 Å². The van der Waals surface area contributed by atoms with E-state index in [0.29, 0.717) is 0 Å². The minimum atomic E-state index is -0.230. The summed E-state index contributed by atoms with van der Waals surface area (Å²) in [6.07, 6.45) is 5.29. The average Bonchev–Trinajstić information content (AvgIpc) is 2.77. The van der Waals surface area contributed by atoms with Crippen LogP contribution in [0.2, 0.25) is 0 Å². The van der Waals surface area contributed by atoms with Gasteiger partial charge in [0.25, 0.3) is 0 Å². The lowest BCUT2D eigenvalue weighted by Crippen LogP contribution is -2.12. The predicted molar refractivity (Wildman–Crippen MR) is 67.6 cm³/mol. The Bertz CT molecular complexity index is 493. The van der Waals surface area contributed by atoms with Crippen LogP contribution in [0.15, 0.2) is 36.7 Å². The number of hydrogen-bond acceptors (Lipinski definition) is 2. The van der Waals surface area contributed by atoms with Gasteiger partial charge in [-0.3, -0.25) is 4.68 Å². The zero-order chi connectivity index (χ0) is 13.0. The number of hydrogen-bond donors (Lipinski definition) is 1. The van der Waals surface area contributed by atoms with E-state index in [2.05, 4.69) is 5.10 Å². The summed E-state index contributed by atoms with van der Waals surface area (Å²) in [5, 5.41) is 13.5. The van der Waals surface area contributed by atoms with Crippen LogP contribution in [0.3, 0.4) is 0 Å². The standard InChI is InChI=1S/C14H17FN2O/c1-17-9-13(8-16-17)7-12(10-18)6-11-2-4-14(15)5-3-11/h2-5,8-9,12,18H,6-7,10H2,1H3. The molecule has 0 radical (unpaired) electrons. The largest absolute Gasteiger partial charge is 0.396 e. The van der Waals surface area contributed by atoms with E-state index in [1.54, 1.807) is 16.8 Å². The molecule has 1 aromatic carbocycles. The molecule has 96 valence electrons. The Morgan fingerprint density at radius 1 is 1.22 bits per heavy atom. The molecular weight excluding hydrogens is 231 g/mol. The SMILES string of the molecule is Cn1cc(CC(CO)Cc2ccc(F)cc2)cn1. The third-order valence-electron chi connectivity index (χ3n) is 2.98.